The number of nitrogens with zero attached hydrogens (tertiary/aromatic N) is 4. The Morgan fingerprint density at radius 2 is 1.84 bits per heavy atom. The molecule has 3 aliphatic rings. The topological polar surface area (TPSA) is 67.7 Å². The van der Waals surface area contributed by atoms with Crippen molar-refractivity contribution in [1.82, 2.24) is 14.5 Å². The Balaban J connectivity index is 1.30. The van der Waals surface area contributed by atoms with Crippen molar-refractivity contribution in [1.29, 1.82) is 0 Å². The van der Waals surface area contributed by atoms with Gasteiger partial charge in [0.25, 0.3) is 0 Å². The van der Waals surface area contributed by atoms with Crippen LogP contribution in [0.3, 0.4) is 0 Å². The van der Waals surface area contributed by atoms with Gasteiger partial charge in [-0.1, -0.05) is 30.0 Å². The van der Waals surface area contributed by atoms with E-state index in [4.69, 9.17) is 4.74 Å². The molecule has 1 aliphatic carbocycles. The van der Waals surface area contributed by atoms with Gasteiger partial charge in [-0.15, -0.1) is 0 Å². The Morgan fingerprint density at radius 3 is 2.72 bits per heavy atom. The lowest BCUT2D eigenvalue weighted by atomic mass is 9.97. The molecule has 5 rings (SSSR count). The Bertz CT molecular complexity index is 1050. The Labute approximate surface area is 192 Å². The Kier molecular flexibility index (Phi) is 6.62. The minimum absolute atomic E-state index is 0.0859. The minimum atomic E-state index is -0.180. The molecule has 0 bridgehead atoms. The molecule has 2 aromatic rings. The predicted molar refractivity (Wildman–Crippen MR) is 126 cm³/mol. The molecule has 7 nitrogen and oxygen atoms in total. The number of thioether (sulfide) groups is 1. The van der Waals surface area contributed by atoms with Gasteiger partial charge in [0, 0.05) is 49.7 Å². The molecule has 3 heterocycles. The van der Waals surface area contributed by atoms with E-state index in [0.29, 0.717) is 12.3 Å². The van der Waals surface area contributed by atoms with E-state index in [1.807, 2.05) is 27.7 Å². The average molecular weight is 455 g/mol. The zero-order valence-electron chi connectivity index (χ0n) is 18.4. The summed E-state index contributed by atoms with van der Waals surface area (Å²) >= 11 is 1.43. The van der Waals surface area contributed by atoms with E-state index in [1.165, 1.54) is 22.9 Å². The lowest BCUT2D eigenvalue weighted by Gasteiger charge is -2.28. The average Bonchev–Trinajstić information content (AvgIpc) is 3.27. The highest BCUT2D eigenvalue weighted by Gasteiger charge is 2.26. The summed E-state index contributed by atoms with van der Waals surface area (Å²) < 4.78 is 7.31. The van der Waals surface area contributed by atoms with Crippen molar-refractivity contribution < 1.29 is 9.53 Å². The van der Waals surface area contributed by atoms with Gasteiger partial charge in [-0.3, -0.25) is 14.3 Å². The molecule has 0 spiro atoms. The molecule has 0 saturated carbocycles. The van der Waals surface area contributed by atoms with Gasteiger partial charge in [-0.05, 0) is 43.7 Å². The molecule has 1 aromatic heterocycles. The van der Waals surface area contributed by atoms with Crippen molar-refractivity contribution in [2.75, 3.05) is 50.0 Å². The Hall–Kier alpha value is -2.16. The molecule has 0 N–H and O–H groups in total. The third-order valence-corrected chi connectivity index (χ3v) is 7.72. The SMILES string of the molecule is O=C(CSc1nc(=O)n(CCN2CCOCC2)c2c1CCCC2)N1CCc2ccccc21. The van der Waals surface area contributed by atoms with E-state index in [1.54, 1.807) is 0 Å². The van der Waals surface area contributed by atoms with Crippen LogP contribution in [-0.2, 0) is 35.3 Å². The summed E-state index contributed by atoms with van der Waals surface area (Å²) in [5.74, 6) is 0.396. The number of aromatic nitrogens is 2. The van der Waals surface area contributed by atoms with Crippen LogP contribution in [0.15, 0.2) is 34.1 Å². The number of para-hydroxylation sites is 1. The number of benzene rings is 1. The van der Waals surface area contributed by atoms with Gasteiger partial charge in [0.05, 0.1) is 19.0 Å². The molecule has 8 heteroatoms. The standard InChI is InChI=1S/C24H30N4O3S/c29-22(27-10-9-18-5-1-3-7-20(18)27)17-32-23-19-6-2-4-8-21(19)28(24(30)25-23)12-11-26-13-15-31-16-14-26/h1,3,5,7H,2,4,6,8-17H2. The predicted octanol–water partition coefficient (Wildman–Crippen LogP) is 2.14. The van der Waals surface area contributed by atoms with Gasteiger partial charge in [0.1, 0.15) is 5.03 Å². The van der Waals surface area contributed by atoms with Crippen LogP contribution in [0.2, 0.25) is 0 Å². The second-order valence-corrected chi connectivity index (χ2v) is 9.61. The van der Waals surface area contributed by atoms with Crippen molar-refractivity contribution in [2.24, 2.45) is 0 Å². The molecule has 2 aliphatic heterocycles. The van der Waals surface area contributed by atoms with Gasteiger partial charge in [-0.2, -0.15) is 4.98 Å². The number of rotatable bonds is 6. The molecule has 32 heavy (non-hydrogen) atoms. The summed E-state index contributed by atoms with van der Waals surface area (Å²) in [5.41, 5.74) is 4.37. The van der Waals surface area contributed by atoms with Crippen LogP contribution in [0, 0.1) is 0 Å². The second-order valence-electron chi connectivity index (χ2n) is 8.65. The van der Waals surface area contributed by atoms with Crippen LogP contribution < -0.4 is 10.6 Å². The number of fused-ring (bicyclic) bond motifs is 2. The van der Waals surface area contributed by atoms with E-state index in [2.05, 4.69) is 16.0 Å². The molecule has 1 saturated heterocycles. The van der Waals surface area contributed by atoms with Gasteiger partial charge >= 0.3 is 5.69 Å². The largest absolute Gasteiger partial charge is 0.379 e. The van der Waals surface area contributed by atoms with E-state index in [-0.39, 0.29) is 11.6 Å². The molecular weight excluding hydrogens is 424 g/mol. The highest BCUT2D eigenvalue weighted by molar-refractivity contribution is 8.00. The third kappa shape index (κ3) is 4.49. The maximum atomic E-state index is 13.0. The van der Waals surface area contributed by atoms with E-state index in [9.17, 15) is 9.59 Å². The zero-order valence-corrected chi connectivity index (χ0v) is 19.2. The maximum Gasteiger partial charge on any atom is 0.348 e. The summed E-state index contributed by atoms with van der Waals surface area (Å²) in [6.07, 6.45) is 4.96. The van der Waals surface area contributed by atoms with E-state index < -0.39 is 0 Å². The maximum absolute atomic E-state index is 13.0. The number of morpholine rings is 1. The van der Waals surface area contributed by atoms with E-state index >= 15 is 0 Å². The summed E-state index contributed by atoms with van der Waals surface area (Å²) in [4.78, 5) is 34.6. The molecule has 0 unspecified atom stereocenters. The van der Waals surface area contributed by atoms with Crippen molar-refractivity contribution in [2.45, 2.75) is 43.7 Å². The first-order chi connectivity index (χ1) is 15.7. The quantitative estimate of drug-likeness (QED) is 0.492. The fourth-order valence-corrected chi connectivity index (χ4v) is 5.92. The Morgan fingerprint density at radius 1 is 1.03 bits per heavy atom. The highest BCUT2D eigenvalue weighted by atomic mass is 32.2. The number of carbonyl (C=O) groups is 1. The number of amides is 1. The monoisotopic (exact) mass is 454 g/mol. The first-order valence-corrected chi connectivity index (χ1v) is 12.6. The fourth-order valence-electron chi connectivity index (χ4n) is 4.97. The third-order valence-electron chi connectivity index (χ3n) is 6.71. The summed E-state index contributed by atoms with van der Waals surface area (Å²) in [7, 11) is 0. The highest BCUT2D eigenvalue weighted by Crippen LogP contribution is 2.31. The first kappa shape index (κ1) is 21.7. The van der Waals surface area contributed by atoms with Crippen LogP contribution in [0.1, 0.15) is 29.7 Å². The normalized spacial score (nSPS) is 18.4. The van der Waals surface area contributed by atoms with Crippen molar-refractivity contribution >= 4 is 23.4 Å². The smallest absolute Gasteiger partial charge is 0.348 e. The van der Waals surface area contributed by atoms with Crippen LogP contribution in [0.4, 0.5) is 5.69 Å². The summed E-state index contributed by atoms with van der Waals surface area (Å²) in [5, 5.41) is 0.758. The molecule has 1 amide bonds. The molecule has 1 fully saturated rings. The number of anilines is 1. The minimum Gasteiger partial charge on any atom is -0.379 e. The van der Waals surface area contributed by atoms with Crippen LogP contribution in [-0.4, -0.2) is 65.5 Å². The van der Waals surface area contributed by atoms with E-state index in [0.717, 1.165) is 87.9 Å². The molecule has 170 valence electrons. The van der Waals surface area contributed by atoms with Gasteiger partial charge in [-0.25, -0.2) is 4.79 Å². The van der Waals surface area contributed by atoms with Crippen LogP contribution in [0.5, 0.6) is 0 Å². The molecular formula is C24H30N4O3S. The fraction of sp³-hybridized carbons (Fsp3) is 0.542. The first-order valence-electron chi connectivity index (χ1n) is 11.6. The van der Waals surface area contributed by atoms with Crippen molar-refractivity contribution in [3.8, 4) is 0 Å². The van der Waals surface area contributed by atoms with Crippen molar-refractivity contribution in [3.05, 3.63) is 51.6 Å². The number of hydrogen-bond donors (Lipinski definition) is 0. The lowest BCUT2D eigenvalue weighted by molar-refractivity contribution is -0.116. The van der Waals surface area contributed by atoms with Crippen LogP contribution in [0.25, 0.3) is 0 Å². The molecule has 0 atom stereocenters. The molecule has 0 radical (unpaired) electrons. The number of carbonyl (C=O) groups excluding carboxylic acids is 1. The number of ether oxygens (including phenoxy) is 1. The number of hydrogen-bond acceptors (Lipinski definition) is 6. The zero-order chi connectivity index (χ0) is 21.9. The van der Waals surface area contributed by atoms with Crippen molar-refractivity contribution in [3.63, 3.8) is 0 Å². The van der Waals surface area contributed by atoms with Gasteiger partial charge < -0.3 is 9.64 Å². The van der Waals surface area contributed by atoms with Gasteiger partial charge in [0.2, 0.25) is 5.91 Å². The van der Waals surface area contributed by atoms with Gasteiger partial charge in [0.15, 0.2) is 0 Å². The summed E-state index contributed by atoms with van der Waals surface area (Å²) in [6, 6.07) is 8.10. The molecule has 1 aromatic carbocycles. The lowest BCUT2D eigenvalue weighted by Crippen LogP contribution is -2.40. The second kappa shape index (κ2) is 9.77. The van der Waals surface area contributed by atoms with Crippen LogP contribution >= 0.6 is 11.8 Å². The summed E-state index contributed by atoms with van der Waals surface area (Å²) in [6.45, 7) is 5.60.